The van der Waals surface area contributed by atoms with Crippen LogP contribution >= 0.6 is 21.6 Å². The molecule has 35 heavy (non-hydrogen) atoms. The molecule has 0 spiro atoms. The van der Waals surface area contributed by atoms with E-state index in [1.807, 2.05) is 48.5 Å². The first-order valence-corrected chi connectivity index (χ1v) is 13.8. The largest absolute Gasteiger partial charge is 0.480 e. The van der Waals surface area contributed by atoms with Gasteiger partial charge in [0.1, 0.15) is 19.3 Å². The van der Waals surface area contributed by atoms with Gasteiger partial charge in [0.15, 0.2) is 0 Å². The lowest BCUT2D eigenvalue weighted by molar-refractivity contribution is -0.144. The normalized spacial score (nSPS) is 13.5. The van der Waals surface area contributed by atoms with Crippen molar-refractivity contribution in [1.82, 2.24) is 5.32 Å². The van der Waals surface area contributed by atoms with Crippen molar-refractivity contribution in [2.75, 3.05) is 19.0 Å². The molecule has 2 aromatic carbocycles. The molecule has 7 nitrogen and oxygen atoms in total. The van der Waals surface area contributed by atoms with Gasteiger partial charge in [-0.05, 0) is 28.7 Å². The van der Waals surface area contributed by atoms with Crippen LogP contribution in [0.15, 0.2) is 48.5 Å². The molecule has 0 saturated heterocycles. The molecule has 2 aromatic rings. The zero-order valence-corrected chi connectivity index (χ0v) is 21.7. The molecule has 2 N–H and O–H groups in total. The topological polar surface area (TPSA) is 102 Å². The van der Waals surface area contributed by atoms with Crippen LogP contribution < -0.4 is 5.32 Å². The van der Waals surface area contributed by atoms with E-state index in [2.05, 4.69) is 26.1 Å². The van der Waals surface area contributed by atoms with Gasteiger partial charge in [0.05, 0.1) is 0 Å². The van der Waals surface area contributed by atoms with Crippen LogP contribution in [0.2, 0.25) is 0 Å². The van der Waals surface area contributed by atoms with E-state index in [-0.39, 0.29) is 36.7 Å². The van der Waals surface area contributed by atoms with Gasteiger partial charge in [0.25, 0.3) is 0 Å². The number of alkyl carbamates (subject to hydrolysis) is 1. The molecule has 0 fully saturated rings. The maximum absolute atomic E-state index is 12.4. The summed E-state index contributed by atoms with van der Waals surface area (Å²) in [4.78, 5) is 36.0. The number of hydrogen-bond acceptors (Lipinski definition) is 7. The highest BCUT2D eigenvalue weighted by molar-refractivity contribution is 8.77. The van der Waals surface area contributed by atoms with Crippen LogP contribution in [0.4, 0.5) is 4.79 Å². The molecule has 0 unspecified atom stereocenters. The zero-order valence-electron chi connectivity index (χ0n) is 20.1. The van der Waals surface area contributed by atoms with E-state index in [4.69, 9.17) is 9.47 Å². The minimum atomic E-state index is -1.25. The number of carbonyl (C=O) groups is 3. The molecule has 0 aliphatic heterocycles. The van der Waals surface area contributed by atoms with Crippen LogP contribution in [0.5, 0.6) is 0 Å². The average Bonchev–Trinajstić information content (AvgIpc) is 3.13. The Kier molecular flexibility index (Phi) is 9.51. The second-order valence-electron chi connectivity index (χ2n) is 9.14. The minimum absolute atomic E-state index is 0.0811. The van der Waals surface area contributed by atoms with Crippen LogP contribution in [0.3, 0.4) is 0 Å². The standard InChI is InChI=1S/C26H31NO6S2/c1-26(2,3)35-34-15-14-32-23(28)13-12-22(24(29)30)27-25(31)33-16-21-19-10-6-4-8-17(19)18-9-5-7-11-20(18)21/h4-11,21-22H,12-16H2,1-3H3,(H,27,31)(H,29,30)/t22-/m0/s1. The van der Waals surface area contributed by atoms with Gasteiger partial charge in [-0.25, -0.2) is 9.59 Å². The molecule has 0 radical (unpaired) electrons. The van der Waals surface area contributed by atoms with E-state index >= 15 is 0 Å². The average molecular weight is 518 g/mol. The summed E-state index contributed by atoms with van der Waals surface area (Å²) in [5.41, 5.74) is 4.35. The number of fused-ring (bicyclic) bond motifs is 3. The second kappa shape index (κ2) is 12.4. The molecule has 3 rings (SSSR count). The number of rotatable bonds is 11. The highest BCUT2D eigenvalue weighted by atomic mass is 33.1. The number of amides is 1. The lowest BCUT2D eigenvalue weighted by atomic mass is 9.98. The van der Waals surface area contributed by atoms with Crippen molar-refractivity contribution in [1.29, 1.82) is 0 Å². The van der Waals surface area contributed by atoms with Gasteiger partial charge < -0.3 is 19.9 Å². The fraction of sp³-hybridized carbons (Fsp3) is 0.423. The number of carbonyl (C=O) groups excluding carboxylic acids is 2. The molecule has 0 bridgehead atoms. The zero-order chi connectivity index (χ0) is 25.4. The molecule has 1 atom stereocenters. The van der Waals surface area contributed by atoms with Crippen LogP contribution in [0, 0.1) is 0 Å². The van der Waals surface area contributed by atoms with Crippen LogP contribution in [-0.2, 0) is 19.1 Å². The number of benzene rings is 2. The molecule has 0 aromatic heterocycles. The third kappa shape index (κ3) is 7.93. The van der Waals surface area contributed by atoms with Crippen LogP contribution in [0.25, 0.3) is 11.1 Å². The van der Waals surface area contributed by atoms with Crippen molar-refractivity contribution in [2.24, 2.45) is 0 Å². The predicted octanol–water partition coefficient (Wildman–Crippen LogP) is 5.48. The molecule has 9 heteroatoms. The van der Waals surface area contributed by atoms with Crippen molar-refractivity contribution >= 4 is 39.6 Å². The van der Waals surface area contributed by atoms with E-state index in [0.717, 1.165) is 22.3 Å². The number of nitrogens with one attached hydrogen (secondary N) is 1. The smallest absolute Gasteiger partial charge is 0.407 e. The van der Waals surface area contributed by atoms with E-state index in [9.17, 15) is 19.5 Å². The first-order chi connectivity index (χ1) is 16.7. The summed E-state index contributed by atoms with van der Waals surface area (Å²) < 4.78 is 10.7. The summed E-state index contributed by atoms with van der Waals surface area (Å²) in [6, 6.07) is 14.7. The molecule has 0 heterocycles. The van der Waals surface area contributed by atoms with Gasteiger partial charge in [-0.15, -0.1) is 0 Å². The number of carboxylic acids is 1. The quantitative estimate of drug-likeness (QED) is 0.229. The second-order valence-corrected chi connectivity index (χ2v) is 12.4. The summed E-state index contributed by atoms with van der Waals surface area (Å²) in [7, 11) is 3.33. The van der Waals surface area contributed by atoms with Gasteiger partial charge in [-0.3, -0.25) is 4.79 Å². The van der Waals surface area contributed by atoms with E-state index in [1.165, 1.54) is 0 Å². The summed E-state index contributed by atoms with van der Waals surface area (Å²) in [5.74, 6) is -1.20. The van der Waals surface area contributed by atoms with Crippen molar-refractivity contribution in [2.45, 2.75) is 50.3 Å². The Bertz CT molecular complexity index is 1010. The van der Waals surface area contributed by atoms with Gasteiger partial charge in [-0.2, -0.15) is 0 Å². The number of hydrogen-bond donors (Lipinski definition) is 2. The summed E-state index contributed by atoms with van der Waals surface area (Å²) in [6.07, 6.45) is -1.02. The predicted molar refractivity (Wildman–Crippen MR) is 140 cm³/mol. The Balaban J connectivity index is 1.45. The summed E-state index contributed by atoms with van der Waals surface area (Å²) in [5, 5.41) is 11.8. The lowest BCUT2D eigenvalue weighted by Crippen LogP contribution is -2.41. The summed E-state index contributed by atoms with van der Waals surface area (Å²) in [6.45, 7) is 6.65. The lowest BCUT2D eigenvalue weighted by Gasteiger charge is -2.17. The van der Waals surface area contributed by atoms with Crippen LogP contribution in [-0.4, -0.2) is 52.9 Å². The Morgan fingerprint density at radius 2 is 1.60 bits per heavy atom. The fourth-order valence-electron chi connectivity index (χ4n) is 3.78. The Morgan fingerprint density at radius 3 is 2.17 bits per heavy atom. The van der Waals surface area contributed by atoms with E-state index < -0.39 is 24.1 Å². The highest BCUT2D eigenvalue weighted by Gasteiger charge is 2.30. The minimum Gasteiger partial charge on any atom is -0.480 e. The fourth-order valence-corrected chi connectivity index (χ4v) is 5.89. The Labute approximate surface area is 213 Å². The number of ether oxygens (including phenoxy) is 2. The molecule has 1 aliphatic rings. The Hall–Kier alpha value is -2.65. The summed E-state index contributed by atoms with van der Waals surface area (Å²) >= 11 is 0. The first kappa shape index (κ1) is 26.9. The van der Waals surface area contributed by atoms with E-state index in [1.54, 1.807) is 21.6 Å². The molecular formula is C26H31NO6S2. The Morgan fingerprint density at radius 1 is 1.00 bits per heavy atom. The molecule has 188 valence electrons. The number of carboxylic acid groups (broad SMARTS) is 1. The van der Waals surface area contributed by atoms with Crippen molar-refractivity contribution in [3.63, 3.8) is 0 Å². The van der Waals surface area contributed by atoms with Crippen molar-refractivity contribution in [3.8, 4) is 11.1 Å². The van der Waals surface area contributed by atoms with Gasteiger partial charge in [0, 0.05) is 22.8 Å². The van der Waals surface area contributed by atoms with Gasteiger partial charge >= 0.3 is 18.0 Å². The molecule has 1 aliphatic carbocycles. The molecule has 0 saturated carbocycles. The van der Waals surface area contributed by atoms with Gasteiger partial charge in [-0.1, -0.05) is 90.9 Å². The first-order valence-electron chi connectivity index (χ1n) is 11.5. The van der Waals surface area contributed by atoms with Crippen molar-refractivity contribution < 1.29 is 29.0 Å². The highest BCUT2D eigenvalue weighted by Crippen LogP contribution is 2.44. The molecular weight excluding hydrogens is 486 g/mol. The van der Waals surface area contributed by atoms with E-state index in [0.29, 0.717) is 5.75 Å². The maximum Gasteiger partial charge on any atom is 0.407 e. The maximum atomic E-state index is 12.4. The third-order valence-electron chi connectivity index (χ3n) is 5.31. The number of aliphatic carboxylic acids is 1. The van der Waals surface area contributed by atoms with Crippen LogP contribution in [0.1, 0.15) is 50.7 Å². The SMILES string of the molecule is CC(C)(C)SSCCOC(=O)CC[C@H](NC(=O)OCC1c2ccccc2-c2ccccc21)C(=O)O. The van der Waals surface area contributed by atoms with Gasteiger partial charge in [0.2, 0.25) is 0 Å². The third-order valence-corrected chi connectivity index (χ3v) is 8.61. The molecule has 1 amide bonds. The van der Waals surface area contributed by atoms with Crippen molar-refractivity contribution in [3.05, 3.63) is 59.7 Å². The monoisotopic (exact) mass is 517 g/mol. The number of esters is 1.